The van der Waals surface area contributed by atoms with Gasteiger partial charge in [-0.05, 0) is 31.2 Å². The van der Waals surface area contributed by atoms with Gasteiger partial charge >= 0.3 is 0 Å². The first-order chi connectivity index (χ1) is 13.8. The van der Waals surface area contributed by atoms with Crippen molar-refractivity contribution in [2.24, 2.45) is 12.0 Å². The molecule has 29 heavy (non-hydrogen) atoms. The predicted octanol–water partition coefficient (Wildman–Crippen LogP) is 2.76. The molecular formula is C20H33N5O2S2. The third kappa shape index (κ3) is 6.07. The first-order valence-corrected chi connectivity index (χ1v) is 12.3. The quantitative estimate of drug-likeness (QED) is 0.457. The van der Waals surface area contributed by atoms with Gasteiger partial charge in [0.15, 0.2) is 5.96 Å². The number of rotatable bonds is 10. The van der Waals surface area contributed by atoms with Gasteiger partial charge in [-0.3, -0.25) is 4.99 Å². The van der Waals surface area contributed by atoms with Crippen LogP contribution in [0.3, 0.4) is 0 Å². The lowest BCUT2D eigenvalue weighted by atomic mass is 10.3. The average molecular weight is 440 g/mol. The highest BCUT2D eigenvalue weighted by Crippen LogP contribution is 2.25. The maximum atomic E-state index is 12.6. The summed E-state index contributed by atoms with van der Waals surface area (Å²) in [6.07, 6.45) is 2.75. The molecule has 2 heterocycles. The second-order valence-electron chi connectivity index (χ2n) is 6.76. The number of sulfonamides is 1. The average Bonchev–Trinajstić information content (AvgIpc) is 3.31. The summed E-state index contributed by atoms with van der Waals surface area (Å²) in [4.78, 5) is 7.86. The summed E-state index contributed by atoms with van der Waals surface area (Å²) in [5.74, 6) is 0.848. The number of hydrogen-bond donors (Lipinski definition) is 1. The minimum atomic E-state index is -3.38. The molecule has 0 aliphatic heterocycles. The van der Waals surface area contributed by atoms with E-state index in [1.807, 2.05) is 46.3 Å². The summed E-state index contributed by atoms with van der Waals surface area (Å²) in [6, 6.07) is 7.75. The summed E-state index contributed by atoms with van der Waals surface area (Å²) in [6.45, 7) is 8.89. The molecule has 0 atom stereocenters. The molecule has 0 bridgehead atoms. The van der Waals surface area contributed by atoms with Crippen LogP contribution in [-0.2, 0) is 30.0 Å². The molecule has 7 nitrogen and oxygen atoms in total. The number of guanidine groups is 1. The van der Waals surface area contributed by atoms with Crippen LogP contribution in [0.15, 0.2) is 39.7 Å². The van der Waals surface area contributed by atoms with Gasteiger partial charge in [-0.2, -0.15) is 4.31 Å². The standard InChI is InChI=1S/C20H33N5O2S2/c1-6-21-20(24(5)16-17-10-9-15-23(17)4)22-14-13-18-11-12-19(28-18)29(26,27)25(7-2)8-3/h9-12,15H,6-8,13-14,16H2,1-5H3,(H,21,22). The van der Waals surface area contributed by atoms with Gasteiger partial charge in [0, 0.05) is 63.5 Å². The monoisotopic (exact) mass is 439 g/mol. The van der Waals surface area contributed by atoms with E-state index in [4.69, 9.17) is 4.99 Å². The Bertz CT molecular complexity index is 898. The summed E-state index contributed by atoms with van der Waals surface area (Å²) in [5.41, 5.74) is 1.21. The van der Waals surface area contributed by atoms with Crippen LogP contribution in [0.2, 0.25) is 0 Å². The van der Waals surface area contributed by atoms with E-state index in [2.05, 4.69) is 27.8 Å². The van der Waals surface area contributed by atoms with Crippen molar-refractivity contribution in [3.8, 4) is 0 Å². The number of hydrogen-bond acceptors (Lipinski definition) is 4. The van der Waals surface area contributed by atoms with E-state index in [0.29, 0.717) is 30.3 Å². The molecule has 0 amide bonds. The first kappa shape index (κ1) is 23.4. The number of thiophene rings is 1. The van der Waals surface area contributed by atoms with Crippen LogP contribution >= 0.6 is 11.3 Å². The zero-order valence-electron chi connectivity index (χ0n) is 18.1. The van der Waals surface area contributed by atoms with Crippen LogP contribution < -0.4 is 5.32 Å². The van der Waals surface area contributed by atoms with Gasteiger partial charge in [0.25, 0.3) is 10.0 Å². The van der Waals surface area contributed by atoms with Crippen LogP contribution in [0, 0.1) is 0 Å². The van der Waals surface area contributed by atoms with Crippen molar-refractivity contribution in [1.82, 2.24) is 19.1 Å². The number of aryl methyl sites for hydroxylation is 1. The molecule has 162 valence electrons. The van der Waals surface area contributed by atoms with Gasteiger partial charge in [-0.1, -0.05) is 13.8 Å². The molecule has 0 unspecified atom stereocenters. The lowest BCUT2D eigenvalue weighted by Crippen LogP contribution is -2.39. The van der Waals surface area contributed by atoms with E-state index in [1.54, 1.807) is 6.07 Å². The summed E-state index contributed by atoms with van der Waals surface area (Å²) < 4.78 is 29.3. The van der Waals surface area contributed by atoms with Gasteiger partial charge in [0.05, 0.1) is 6.54 Å². The van der Waals surface area contributed by atoms with E-state index in [0.717, 1.165) is 23.9 Å². The molecule has 0 aromatic carbocycles. The predicted molar refractivity (Wildman–Crippen MR) is 121 cm³/mol. The number of aromatic nitrogens is 1. The number of aliphatic imine (C=N–C) groups is 1. The van der Waals surface area contributed by atoms with E-state index in [1.165, 1.54) is 21.3 Å². The Kier molecular flexibility index (Phi) is 8.73. The fourth-order valence-corrected chi connectivity index (χ4v) is 6.00. The van der Waals surface area contributed by atoms with E-state index in [-0.39, 0.29) is 0 Å². The molecule has 0 aliphatic rings. The molecule has 0 radical (unpaired) electrons. The summed E-state index contributed by atoms with van der Waals surface area (Å²) >= 11 is 1.34. The third-order valence-electron chi connectivity index (χ3n) is 4.70. The van der Waals surface area contributed by atoms with Crippen LogP contribution in [0.25, 0.3) is 0 Å². The minimum absolute atomic E-state index is 0.410. The maximum Gasteiger partial charge on any atom is 0.252 e. The number of nitrogens with one attached hydrogen (secondary N) is 1. The fourth-order valence-electron chi connectivity index (χ4n) is 3.04. The maximum absolute atomic E-state index is 12.6. The van der Waals surface area contributed by atoms with E-state index < -0.39 is 10.0 Å². The smallest absolute Gasteiger partial charge is 0.252 e. The topological polar surface area (TPSA) is 69.9 Å². The molecular weight excluding hydrogens is 406 g/mol. The highest BCUT2D eigenvalue weighted by Gasteiger charge is 2.23. The summed E-state index contributed by atoms with van der Waals surface area (Å²) in [7, 11) is 0.674. The van der Waals surface area contributed by atoms with Crippen LogP contribution in [0.1, 0.15) is 31.3 Å². The minimum Gasteiger partial charge on any atom is -0.357 e. The van der Waals surface area contributed by atoms with Crippen molar-refractivity contribution in [1.29, 1.82) is 0 Å². The Labute approximate surface area is 179 Å². The van der Waals surface area contributed by atoms with Crippen LogP contribution in [0.5, 0.6) is 0 Å². The number of nitrogens with zero attached hydrogens (tertiary/aromatic N) is 4. The van der Waals surface area contributed by atoms with Gasteiger partial charge in [0.2, 0.25) is 0 Å². The zero-order chi connectivity index (χ0) is 21.4. The molecule has 0 saturated heterocycles. The van der Waals surface area contributed by atoms with Crippen molar-refractivity contribution >= 4 is 27.3 Å². The summed E-state index contributed by atoms with van der Waals surface area (Å²) in [5, 5.41) is 3.33. The highest BCUT2D eigenvalue weighted by atomic mass is 32.2. The molecule has 1 N–H and O–H groups in total. The molecule has 2 rings (SSSR count). The van der Waals surface area contributed by atoms with Crippen molar-refractivity contribution in [2.45, 2.75) is 37.9 Å². The largest absolute Gasteiger partial charge is 0.357 e. The molecule has 0 fully saturated rings. The van der Waals surface area contributed by atoms with E-state index in [9.17, 15) is 8.42 Å². The van der Waals surface area contributed by atoms with Crippen LogP contribution in [-0.4, -0.2) is 61.4 Å². The normalized spacial score (nSPS) is 12.6. The molecule has 2 aromatic heterocycles. The molecule has 0 spiro atoms. The fraction of sp³-hybridized carbons (Fsp3) is 0.550. The molecule has 0 aliphatic carbocycles. The Balaban J connectivity index is 2.02. The van der Waals surface area contributed by atoms with Crippen molar-refractivity contribution in [3.05, 3.63) is 41.0 Å². The van der Waals surface area contributed by atoms with Gasteiger partial charge in [-0.25, -0.2) is 8.42 Å². The van der Waals surface area contributed by atoms with E-state index >= 15 is 0 Å². The van der Waals surface area contributed by atoms with Crippen LogP contribution in [0.4, 0.5) is 0 Å². The first-order valence-electron chi connectivity index (χ1n) is 10.0. The molecule has 9 heteroatoms. The second-order valence-corrected chi connectivity index (χ2v) is 10.1. The third-order valence-corrected chi connectivity index (χ3v) is 8.37. The Morgan fingerprint density at radius 1 is 1.21 bits per heavy atom. The Morgan fingerprint density at radius 3 is 2.52 bits per heavy atom. The van der Waals surface area contributed by atoms with Gasteiger partial charge < -0.3 is 14.8 Å². The van der Waals surface area contributed by atoms with Crippen molar-refractivity contribution in [2.75, 3.05) is 33.2 Å². The zero-order valence-corrected chi connectivity index (χ0v) is 19.7. The SMILES string of the molecule is CCNC(=NCCc1ccc(S(=O)(=O)N(CC)CC)s1)N(C)Cc1cccn1C. The van der Waals surface area contributed by atoms with Crippen molar-refractivity contribution < 1.29 is 8.42 Å². The lowest BCUT2D eigenvalue weighted by molar-refractivity contribution is 0.447. The lowest BCUT2D eigenvalue weighted by Gasteiger charge is -2.22. The molecule has 0 saturated carbocycles. The highest BCUT2D eigenvalue weighted by molar-refractivity contribution is 7.91. The van der Waals surface area contributed by atoms with Gasteiger partial charge in [0.1, 0.15) is 4.21 Å². The Morgan fingerprint density at radius 2 is 1.93 bits per heavy atom. The van der Waals surface area contributed by atoms with Gasteiger partial charge in [-0.15, -0.1) is 11.3 Å². The Hall–Kier alpha value is -1.84. The van der Waals surface area contributed by atoms with Crippen molar-refractivity contribution in [3.63, 3.8) is 0 Å². The molecule has 2 aromatic rings. The second kappa shape index (κ2) is 10.8.